The van der Waals surface area contributed by atoms with E-state index in [1.165, 1.54) is 0 Å². The number of fused-ring (bicyclic) bond motifs is 1. The van der Waals surface area contributed by atoms with Crippen LogP contribution in [-0.4, -0.2) is 24.9 Å². The van der Waals surface area contributed by atoms with E-state index in [0.717, 1.165) is 44.7 Å². The molecule has 0 saturated carbocycles. The van der Waals surface area contributed by atoms with Crippen molar-refractivity contribution in [3.05, 3.63) is 65.2 Å². The summed E-state index contributed by atoms with van der Waals surface area (Å²) in [5.74, 6) is 7.40. The first-order valence-corrected chi connectivity index (χ1v) is 11.6. The van der Waals surface area contributed by atoms with Crippen molar-refractivity contribution in [1.82, 2.24) is 19.4 Å². The molecule has 0 aliphatic carbocycles. The summed E-state index contributed by atoms with van der Waals surface area (Å²) in [7, 11) is 0. The highest BCUT2D eigenvalue weighted by molar-refractivity contribution is 7.16. The lowest BCUT2D eigenvalue weighted by Gasteiger charge is -2.34. The highest BCUT2D eigenvalue weighted by Crippen LogP contribution is 2.37. The Morgan fingerprint density at radius 2 is 1.84 bits per heavy atom. The molecule has 0 aliphatic heterocycles. The number of imidazole rings is 1. The average Bonchev–Trinajstić information content (AvgIpc) is 3.29. The van der Waals surface area contributed by atoms with Gasteiger partial charge in [-0.05, 0) is 68.7 Å². The molecule has 4 aromatic heterocycles. The molecule has 32 heavy (non-hydrogen) atoms. The Morgan fingerprint density at radius 3 is 2.59 bits per heavy atom. The fourth-order valence-corrected chi connectivity index (χ4v) is 5.01. The quantitative estimate of drug-likeness (QED) is 0.382. The van der Waals surface area contributed by atoms with E-state index in [4.69, 9.17) is 4.98 Å². The summed E-state index contributed by atoms with van der Waals surface area (Å²) in [6.45, 7) is 13.3. The molecule has 5 nitrogen and oxygen atoms in total. The number of aromatic nitrogens is 4. The number of nitrogens with one attached hydrogen (secondary N) is 1. The lowest BCUT2D eigenvalue weighted by molar-refractivity contribution is 0.302. The van der Waals surface area contributed by atoms with Gasteiger partial charge in [0.2, 0.25) is 0 Å². The third-order valence-electron chi connectivity index (χ3n) is 4.90. The predicted molar refractivity (Wildman–Crippen MR) is 133 cm³/mol. The Balaban J connectivity index is 1.70. The Labute approximate surface area is 194 Å². The van der Waals surface area contributed by atoms with Crippen molar-refractivity contribution in [2.45, 2.75) is 53.5 Å². The van der Waals surface area contributed by atoms with E-state index in [1.54, 1.807) is 23.7 Å². The van der Waals surface area contributed by atoms with E-state index >= 15 is 0 Å². The zero-order valence-electron chi connectivity index (χ0n) is 19.5. The van der Waals surface area contributed by atoms with Gasteiger partial charge in [0.15, 0.2) is 5.65 Å². The topological polar surface area (TPSA) is 55.1 Å². The number of aryl methyl sites for hydroxylation is 1. The molecule has 0 spiro atoms. The monoisotopic (exact) mass is 443 g/mol. The number of hydrogen-bond acceptors (Lipinski definition) is 5. The van der Waals surface area contributed by atoms with Gasteiger partial charge in [-0.1, -0.05) is 26.8 Å². The number of rotatable bonds is 4. The van der Waals surface area contributed by atoms with E-state index in [1.807, 2.05) is 31.3 Å². The number of anilines is 1. The molecule has 0 bridgehead atoms. The Morgan fingerprint density at radius 1 is 1.03 bits per heavy atom. The highest BCUT2D eigenvalue weighted by Gasteiger charge is 2.28. The minimum Gasteiger partial charge on any atom is -0.364 e. The van der Waals surface area contributed by atoms with E-state index in [0.29, 0.717) is 0 Å². The van der Waals surface area contributed by atoms with Gasteiger partial charge in [0.1, 0.15) is 17.2 Å². The van der Waals surface area contributed by atoms with Crippen LogP contribution >= 0.6 is 11.3 Å². The molecular weight excluding hydrogens is 414 g/mol. The summed E-state index contributed by atoms with van der Waals surface area (Å²) in [5, 5.41) is 3.77. The normalized spacial score (nSPS) is 11.9. The first kappa shape index (κ1) is 22.0. The van der Waals surface area contributed by atoms with Crippen molar-refractivity contribution in [2.24, 2.45) is 5.41 Å². The maximum absolute atomic E-state index is 4.89. The molecule has 0 radical (unpaired) electrons. The fourth-order valence-electron chi connectivity index (χ4n) is 4.16. The van der Waals surface area contributed by atoms with Crippen LogP contribution in [0.3, 0.4) is 0 Å². The largest absolute Gasteiger partial charge is 0.364 e. The van der Waals surface area contributed by atoms with Crippen LogP contribution in [0.25, 0.3) is 16.2 Å². The number of hydrogen-bond donors (Lipinski definition) is 1. The van der Waals surface area contributed by atoms with Gasteiger partial charge in [0, 0.05) is 23.6 Å². The van der Waals surface area contributed by atoms with Crippen LogP contribution in [0, 0.1) is 24.2 Å². The van der Waals surface area contributed by atoms with Crippen LogP contribution in [0.15, 0.2) is 48.9 Å². The molecule has 4 aromatic rings. The van der Waals surface area contributed by atoms with Crippen LogP contribution in [0.5, 0.6) is 0 Å². The molecule has 0 aromatic carbocycles. The minimum absolute atomic E-state index is 0.108. The maximum Gasteiger partial charge on any atom is 0.157 e. The van der Waals surface area contributed by atoms with Gasteiger partial charge < -0.3 is 5.32 Å². The van der Waals surface area contributed by atoms with E-state index in [-0.39, 0.29) is 11.0 Å². The second kappa shape index (κ2) is 8.40. The highest BCUT2D eigenvalue weighted by atomic mass is 32.1. The molecule has 0 saturated heterocycles. The molecule has 4 heterocycles. The molecule has 4 rings (SSSR count). The summed E-state index contributed by atoms with van der Waals surface area (Å²) < 4.78 is 2.08. The van der Waals surface area contributed by atoms with Gasteiger partial charge in [-0.15, -0.1) is 11.3 Å². The van der Waals surface area contributed by atoms with Gasteiger partial charge in [-0.3, -0.25) is 9.38 Å². The SMILES string of the molecule is Cc1cccc(C#Cc2ccc(-c3nc4cnccn4c3NC(C)(C)CC(C)(C)C)s2)n1. The zero-order chi connectivity index (χ0) is 22.9. The van der Waals surface area contributed by atoms with Gasteiger partial charge >= 0.3 is 0 Å². The summed E-state index contributed by atoms with van der Waals surface area (Å²) in [6.07, 6.45) is 6.56. The third-order valence-corrected chi connectivity index (χ3v) is 5.91. The molecule has 164 valence electrons. The second-order valence-corrected chi connectivity index (χ2v) is 11.0. The lowest BCUT2D eigenvalue weighted by atomic mass is 9.82. The van der Waals surface area contributed by atoms with Crippen LogP contribution < -0.4 is 5.32 Å². The Bertz CT molecular complexity index is 1310. The van der Waals surface area contributed by atoms with E-state index < -0.39 is 0 Å². The molecule has 0 amide bonds. The van der Waals surface area contributed by atoms with Crippen molar-refractivity contribution >= 4 is 22.8 Å². The van der Waals surface area contributed by atoms with Crippen molar-refractivity contribution < 1.29 is 0 Å². The lowest BCUT2D eigenvalue weighted by Crippen LogP contribution is -2.36. The number of nitrogens with zero attached hydrogens (tertiary/aromatic N) is 4. The minimum atomic E-state index is -0.108. The third kappa shape index (κ3) is 5.17. The molecule has 6 heteroatoms. The molecule has 0 fully saturated rings. The summed E-state index contributed by atoms with van der Waals surface area (Å²) >= 11 is 1.64. The van der Waals surface area contributed by atoms with Gasteiger partial charge in [-0.2, -0.15) is 0 Å². The first-order chi connectivity index (χ1) is 15.1. The summed E-state index contributed by atoms with van der Waals surface area (Å²) in [4.78, 5) is 15.7. The van der Waals surface area contributed by atoms with Crippen LogP contribution in [-0.2, 0) is 0 Å². The van der Waals surface area contributed by atoms with Crippen LogP contribution in [0.2, 0.25) is 0 Å². The summed E-state index contributed by atoms with van der Waals surface area (Å²) in [6, 6.07) is 10.0. The molecule has 0 unspecified atom stereocenters. The Hall–Kier alpha value is -3.17. The van der Waals surface area contributed by atoms with Crippen molar-refractivity contribution in [1.29, 1.82) is 0 Å². The van der Waals surface area contributed by atoms with Crippen molar-refractivity contribution in [2.75, 3.05) is 5.32 Å². The molecule has 0 aliphatic rings. The maximum atomic E-state index is 4.89. The first-order valence-electron chi connectivity index (χ1n) is 10.8. The molecule has 0 atom stereocenters. The van der Waals surface area contributed by atoms with Gasteiger partial charge in [0.05, 0.1) is 16.0 Å². The molecular formula is C26H29N5S. The molecule has 1 N–H and O–H groups in total. The van der Waals surface area contributed by atoms with E-state index in [9.17, 15) is 0 Å². The van der Waals surface area contributed by atoms with Gasteiger partial charge in [-0.25, -0.2) is 9.97 Å². The van der Waals surface area contributed by atoms with Crippen molar-refractivity contribution in [3.63, 3.8) is 0 Å². The second-order valence-electron chi connectivity index (χ2n) is 9.94. The number of thiophene rings is 1. The average molecular weight is 444 g/mol. The predicted octanol–water partition coefficient (Wildman–Crippen LogP) is 6.19. The van der Waals surface area contributed by atoms with Crippen LogP contribution in [0.4, 0.5) is 5.82 Å². The standard InChI is InChI=1S/C26H29N5S/c1-18-8-7-9-19(28-18)10-11-20-12-13-21(32-20)23-24(30-26(5,6)17-25(2,3)4)31-15-14-27-16-22(31)29-23/h7-9,12-16,30H,17H2,1-6H3. The Kier molecular flexibility index (Phi) is 5.79. The summed E-state index contributed by atoms with van der Waals surface area (Å²) in [5.41, 5.74) is 3.59. The smallest absolute Gasteiger partial charge is 0.157 e. The fraction of sp³-hybridized carbons (Fsp3) is 0.346. The zero-order valence-corrected chi connectivity index (χ0v) is 20.3. The van der Waals surface area contributed by atoms with Gasteiger partial charge in [0.25, 0.3) is 0 Å². The number of pyridine rings is 1. The van der Waals surface area contributed by atoms with E-state index in [2.05, 4.69) is 78.3 Å². The van der Waals surface area contributed by atoms with Crippen molar-refractivity contribution in [3.8, 4) is 22.4 Å². The van der Waals surface area contributed by atoms with Crippen LogP contribution in [0.1, 0.15) is 57.3 Å².